The molecule has 15 nitrogen and oxygen atoms in total. The Morgan fingerprint density at radius 3 is 0.868 bits per heavy atom. The molecule has 0 spiro atoms. The van der Waals surface area contributed by atoms with Crippen LogP contribution >= 0.6 is 106 Å². The van der Waals surface area contributed by atoms with Crippen molar-refractivity contribution in [3.63, 3.8) is 0 Å². The highest BCUT2D eigenvalue weighted by Gasteiger charge is 2.43. The number of allylic oxidation sites excluding steroid dienone is 6. The number of nitrogens with zero attached hydrogens (tertiary/aromatic N) is 6. The van der Waals surface area contributed by atoms with Crippen molar-refractivity contribution in [2.45, 2.75) is 119 Å². The topological polar surface area (TPSA) is 211 Å². The van der Waals surface area contributed by atoms with E-state index in [1.54, 1.807) is 70.6 Å². The Morgan fingerprint density at radius 1 is 0.396 bits per heavy atom. The summed E-state index contributed by atoms with van der Waals surface area (Å²) < 4.78 is 18.2. The Kier molecular flexibility index (Phi) is 32.6. The molecular weight excluding hydrogens is 1320 g/mol. The fraction of sp³-hybridized carbons (Fsp3) is 0.687. The fourth-order valence-corrected chi connectivity index (χ4v) is 20.5. The molecule has 0 N–H and O–H groups in total. The number of hydrogen-bond donors (Lipinski definition) is 0. The highest BCUT2D eigenvalue weighted by Crippen LogP contribution is 2.50. The quantitative estimate of drug-likeness (QED) is 0.0196. The van der Waals surface area contributed by atoms with Crippen molar-refractivity contribution in [3.05, 3.63) is 67.2 Å². The number of rotatable bonds is 33. The van der Waals surface area contributed by atoms with Crippen LogP contribution in [0.15, 0.2) is 67.2 Å². The Morgan fingerprint density at radius 2 is 0.637 bits per heavy atom. The standard InChI is InChI=1S/C67H94N6O9S9/c1-65(2)34-47(56(53(37-65)71-16-10-11-17-71)62(77)89-31-28-86-25-22-83-7)50(40-68)59(74)80-43-46(44-81-60(75)51(41-69)48-35-66(3,4)38-54(72-18-12-13-19-72)57(48)63(78)90-32-29-87-26-23-84-8)45-82-61(76)52(42-70)49-36-67(5,6)39-55(73-20-14-15-21-73)58(49)64(79)91-33-30-88-27-24-85-9/h46H,10-39,43-45H2,1-9H3/b50-47+,51-48+,52-49+. The number of thioether (sulfide) groups is 9. The van der Waals surface area contributed by atoms with Crippen molar-refractivity contribution in [2.24, 2.45) is 22.2 Å². The van der Waals surface area contributed by atoms with Gasteiger partial charge in [0.25, 0.3) is 0 Å². The number of nitriles is 3. The van der Waals surface area contributed by atoms with Crippen molar-refractivity contribution >= 4 is 139 Å². The van der Waals surface area contributed by atoms with E-state index >= 15 is 0 Å². The molecule has 0 bridgehead atoms. The predicted octanol–water partition coefficient (Wildman–Crippen LogP) is 13.3. The van der Waals surface area contributed by atoms with Gasteiger partial charge in [0, 0.05) is 125 Å². The fourth-order valence-electron chi connectivity index (χ4n) is 12.3. The minimum atomic E-state index is -1.13. The van der Waals surface area contributed by atoms with Gasteiger partial charge in [0.1, 0.15) is 54.7 Å². The van der Waals surface area contributed by atoms with E-state index in [4.69, 9.17) is 14.2 Å². The minimum Gasteiger partial charge on any atom is -0.461 e. The molecular formula is C67H94N6O9S9. The third kappa shape index (κ3) is 23.0. The van der Waals surface area contributed by atoms with Crippen LogP contribution in [-0.2, 0) is 43.0 Å². The first-order chi connectivity index (χ1) is 43.6. The summed E-state index contributed by atoms with van der Waals surface area (Å²) in [7, 11) is 0. The molecule has 0 aromatic carbocycles. The van der Waals surface area contributed by atoms with Crippen LogP contribution in [0.1, 0.15) is 119 Å². The van der Waals surface area contributed by atoms with Crippen LogP contribution in [-0.4, -0.2) is 195 Å². The number of carbonyl (C=O) groups is 6. The lowest BCUT2D eigenvalue weighted by Crippen LogP contribution is -2.33. The van der Waals surface area contributed by atoms with E-state index in [-0.39, 0.29) is 51.3 Å². The van der Waals surface area contributed by atoms with Gasteiger partial charge in [-0.05, 0) is 129 Å². The molecule has 3 aliphatic heterocycles. The number of hydrogen-bond acceptors (Lipinski definition) is 24. The van der Waals surface area contributed by atoms with Gasteiger partial charge < -0.3 is 28.9 Å². The van der Waals surface area contributed by atoms with Crippen molar-refractivity contribution in [1.82, 2.24) is 14.7 Å². The van der Waals surface area contributed by atoms with Crippen LogP contribution < -0.4 is 0 Å². The molecule has 3 fully saturated rings. The van der Waals surface area contributed by atoms with Gasteiger partial charge in [0.15, 0.2) is 0 Å². The lowest BCUT2D eigenvalue weighted by atomic mass is 9.72. The van der Waals surface area contributed by atoms with Gasteiger partial charge in [-0.2, -0.15) is 86.4 Å². The zero-order valence-corrected chi connectivity index (χ0v) is 62.3. The summed E-state index contributed by atoms with van der Waals surface area (Å²) in [5.74, 6) is 5.62. The molecule has 6 aliphatic rings. The van der Waals surface area contributed by atoms with Crippen LogP contribution in [0.2, 0.25) is 0 Å². The van der Waals surface area contributed by atoms with E-state index in [1.165, 1.54) is 35.3 Å². The first kappa shape index (κ1) is 76.9. The Bertz CT molecular complexity index is 2640. The molecule has 0 aromatic heterocycles. The van der Waals surface area contributed by atoms with Gasteiger partial charge in [0.2, 0.25) is 15.3 Å². The molecule has 3 heterocycles. The normalized spacial score (nSPS) is 20.5. The molecule has 0 amide bonds. The number of carbonyl (C=O) groups excluding carboxylic acids is 6. The summed E-state index contributed by atoms with van der Waals surface area (Å²) in [6.07, 6.45) is 14.3. The maximum Gasteiger partial charge on any atom is 0.349 e. The highest BCUT2D eigenvalue weighted by molar-refractivity contribution is 8.15. The van der Waals surface area contributed by atoms with E-state index in [2.05, 4.69) is 93.2 Å². The number of ether oxygens (including phenoxy) is 3. The number of esters is 3. The van der Waals surface area contributed by atoms with Crippen LogP contribution in [0.4, 0.5) is 0 Å². The molecule has 0 atom stereocenters. The monoisotopic (exact) mass is 1410 g/mol. The zero-order chi connectivity index (χ0) is 66.1. The molecule has 0 unspecified atom stereocenters. The molecule has 6 rings (SSSR count). The molecule has 500 valence electrons. The Hall–Kier alpha value is -3.12. The maximum atomic E-state index is 14.8. The van der Waals surface area contributed by atoms with Gasteiger partial charge in [-0.15, -0.1) is 0 Å². The van der Waals surface area contributed by atoms with Crippen LogP contribution in [0.5, 0.6) is 0 Å². The van der Waals surface area contributed by atoms with E-state index in [0.717, 1.165) is 147 Å². The summed E-state index contributed by atoms with van der Waals surface area (Å²) in [6, 6.07) is 6.37. The summed E-state index contributed by atoms with van der Waals surface area (Å²) >= 11 is 14.2. The summed E-state index contributed by atoms with van der Waals surface area (Å²) in [6.45, 7) is 15.1. The van der Waals surface area contributed by atoms with Gasteiger partial charge in [0.05, 0.1) is 22.6 Å². The van der Waals surface area contributed by atoms with E-state index in [1.807, 2.05) is 0 Å². The van der Waals surface area contributed by atoms with E-state index in [0.29, 0.717) is 70.0 Å². The molecule has 0 aromatic rings. The third-order valence-corrected chi connectivity index (χ3v) is 25.6. The molecule has 0 radical (unpaired) electrons. The molecule has 3 saturated heterocycles. The maximum absolute atomic E-state index is 14.8. The van der Waals surface area contributed by atoms with Crippen molar-refractivity contribution in [1.29, 1.82) is 15.8 Å². The molecule has 3 aliphatic carbocycles. The first-order valence-electron chi connectivity index (χ1n) is 31.7. The summed E-state index contributed by atoms with van der Waals surface area (Å²) in [5.41, 5.74) is 2.19. The molecule has 24 heteroatoms. The third-order valence-electron chi connectivity index (χ3n) is 16.6. The number of likely N-dealkylation sites (tertiary alicyclic amines) is 3. The van der Waals surface area contributed by atoms with E-state index < -0.39 is 59.9 Å². The van der Waals surface area contributed by atoms with Crippen molar-refractivity contribution in [2.75, 3.05) is 147 Å². The summed E-state index contributed by atoms with van der Waals surface area (Å²) in [4.78, 5) is 94.6. The second kappa shape index (κ2) is 38.6. The summed E-state index contributed by atoms with van der Waals surface area (Å²) in [5, 5.41) is 32.4. The van der Waals surface area contributed by atoms with Gasteiger partial charge >= 0.3 is 17.9 Å². The zero-order valence-electron chi connectivity index (χ0n) is 54.9. The van der Waals surface area contributed by atoms with Crippen molar-refractivity contribution < 1.29 is 43.0 Å². The lowest BCUT2D eigenvalue weighted by Gasteiger charge is -2.38. The Balaban J connectivity index is 1.38. The average molecular weight is 1420 g/mol. The second-order valence-electron chi connectivity index (χ2n) is 25.9. The molecule has 0 saturated carbocycles. The first-order valence-corrected chi connectivity index (χ1v) is 42.3. The highest BCUT2D eigenvalue weighted by atomic mass is 32.2. The largest absolute Gasteiger partial charge is 0.461 e. The van der Waals surface area contributed by atoms with Gasteiger partial charge in [-0.3, -0.25) is 14.4 Å². The van der Waals surface area contributed by atoms with Crippen LogP contribution in [0, 0.1) is 56.2 Å². The Labute approximate surface area is 581 Å². The molecule has 91 heavy (non-hydrogen) atoms. The lowest BCUT2D eigenvalue weighted by molar-refractivity contribution is -0.148. The van der Waals surface area contributed by atoms with E-state index in [9.17, 15) is 44.6 Å². The minimum absolute atomic E-state index is 0.208. The van der Waals surface area contributed by atoms with Crippen molar-refractivity contribution in [3.8, 4) is 18.2 Å². The van der Waals surface area contributed by atoms with Crippen LogP contribution in [0.3, 0.4) is 0 Å². The van der Waals surface area contributed by atoms with Crippen LogP contribution in [0.25, 0.3) is 0 Å². The smallest absolute Gasteiger partial charge is 0.349 e. The predicted molar refractivity (Wildman–Crippen MR) is 386 cm³/mol. The van der Waals surface area contributed by atoms with Gasteiger partial charge in [-0.25, -0.2) is 14.4 Å². The average Bonchev–Trinajstić information content (AvgIpc) is 1.64. The SMILES string of the molecule is CSCCSCCSC(=O)C1=C(N2CCCC2)CC(C)(C)C/C1=C(/C#N)C(=O)OCC(COC(=O)/C(C#N)=C1\CC(C)(C)CC(N2CCCC2)=C1C(=O)SCCSCCSC)COC(=O)/C(C#N)=C1\CC(C)(C)CC(N2CCCC2)=C1C(=O)SCCSCCSC. The second-order valence-corrected chi connectivity index (χ2v) is 35.7. The van der Waals surface area contributed by atoms with Gasteiger partial charge in [-0.1, -0.05) is 76.8 Å².